The molecule has 1 aromatic heterocycles. The molecule has 1 fully saturated rings. The summed E-state index contributed by atoms with van der Waals surface area (Å²) in [6, 6.07) is 0.476. The number of aromatic nitrogens is 3. The molecule has 5 heteroatoms. The van der Waals surface area contributed by atoms with Crippen molar-refractivity contribution in [1.82, 2.24) is 19.7 Å². The van der Waals surface area contributed by atoms with Crippen LogP contribution in [-0.2, 0) is 13.6 Å². The van der Waals surface area contributed by atoms with Gasteiger partial charge < -0.3 is 5.11 Å². The molecule has 1 saturated heterocycles. The lowest BCUT2D eigenvalue weighted by Gasteiger charge is -2.30. The Morgan fingerprint density at radius 3 is 2.94 bits per heavy atom. The summed E-state index contributed by atoms with van der Waals surface area (Å²) in [6.07, 6.45) is 7.24. The van der Waals surface area contributed by atoms with Gasteiger partial charge in [-0.2, -0.15) is 5.10 Å². The van der Waals surface area contributed by atoms with E-state index in [2.05, 4.69) is 15.0 Å². The topological polar surface area (TPSA) is 54.2 Å². The lowest BCUT2D eigenvalue weighted by atomic mass is 10.0. The molecule has 2 rings (SSSR count). The molecule has 0 spiro atoms. The van der Waals surface area contributed by atoms with Crippen LogP contribution in [0.1, 0.15) is 44.9 Å². The van der Waals surface area contributed by atoms with Crippen LogP contribution in [0.2, 0.25) is 0 Å². The standard InChI is InChI=1S/C13H24N4O/c1-11(18)8-12-6-4-3-5-7-17(12)9-13-14-10-15-16(13)2/h10-12,18H,3-9H2,1-2H3. The summed E-state index contributed by atoms with van der Waals surface area (Å²) in [5, 5.41) is 13.8. The molecule has 0 bridgehead atoms. The van der Waals surface area contributed by atoms with E-state index in [-0.39, 0.29) is 6.10 Å². The van der Waals surface area contributed by atoms with E-state index in [1.54, 1.807) is 6.33 Å². The first-order valence-electron chi connectivity index (χ1n) is 6.92. The van der Waals surface area contributed by atoms with Crippen LogP contribution in [0.25, 0.3) is 0 Å². The van der Waals surface area contributed by atoms with E-state index in [1.165, 1.54) is 25.7 Å². The fourth-order valence-electron chi connectivity index (χ4n) is 2.75. The Morgan fingerprint density at radius 1 is 1.44 bits per heavy atom. The highest BCUT2D eigenvalue weighted by Gasteiger charge is 2.23. The third-order valence-corrected chi connectivity index (χ3v) is 3.76. The molecule has 2 atom stereocenters. The largest absolute Gasteiger partial charge is 0.393 e. The minimum Gasteiger partial charge on any atom is -0.393 e. The first-order valence-corrected chi connectivity index (χ1v) is 6.92. The zero-order chi connectivity index (χ0) is 13.0. The number of hydrogen-bond donors (Lipinski definition) is 1. The van der Waals surface area contributed by atoms with Gasteiger partial charge in [-0.3, -0.25) is 9.58 Å². The van der Waals surface area contributed by atoms with Crippen LogP contribution < -0.4 is 0 Å². The third-order valence-electron chi connectivity index (χ3n) is 3.76. The van der Waals surface area contributed by atoms with Gasteiger partial charge in [-0.15, -0.1) is 0 Å². The number of hydrogen-bond acceptors (Lipinski definition) is 4. The van der Waals surface area contributed by atoms with Crippen molar-refractivity contribution < 1.29 is 5.11 Å². The minimum absolute atomic E-state index is 0.227. The number of aliphatic hydroxyl groups excluding tert-OH is 1. The van der Waals surface area contributed by atoms with Crippen LogP contribution in [0.3, 0.4) is 0 Å². The van der Waals surface area contributed by atoms with Crippen LogP contribution in [0.15, 0.2) is 6.33 Å². The SMILES string of the molecule is CC(O)CC1CCCCCN1Cc1ncnn1C. The van der Waals surface area contributed by atoms with Crippen molar-refractivity contribution in [2.24, 2.45) is 7.05 Å². The molecule has 0 saturated carbocycles. The zero-order valence-electron chi connectivity index (χ0n) is 11.4. The smallest absolute Gasteiger partial charge is 0.140 e. The van der Waals surface area contributed by atoms with Gasteiger partial charge in [-0.05, 0) is 32.7 Å². The molecule has 0 amide bonds. The molecule has 18 heavy (non-hydrogen) atoms. The van der Waals surface area contributed by atoms with E-state index < -0.39 is 0 Å². The van der Waals surface area contributed by atoms with Crippen molar-refractivity contribution >= 4 is 0 Å². The first kappa shape index (κ1) is 13.5. The molecule has 1 aromatic rings. The van der Waals surface area contributed by atoms with Crippen molar-refractivity contribution in [2.45, 2.75) is 57.7 Å². The monoisotopic (exact) mass is 252 g/mol. The number of nitrogens with zero attached hydrogens (tertiary/aromatic N) is 4. The van der Waals surface area contributed by atoms with Gasteiger partial charge in [0.15, 0.2) is 0 Å². The minimum atomic E-state index is -0.227. The van der Waals surface area contributed by atoms with Gasteiger partial charge in [0.2, 0.25) is 0 Å². The van der Waals surface area contributed by atoms with Gasteiger partial charge in [0.25, 0.3) is 0 Å². The zero-order valence-corrected chi connectivity index (χ0v) is 11.4. The van der Waals surface area contributed by atoms with E-state index >= 15 is 0 Å². The summed E-state index contributed by atoms with van der Waals surface area (Å²) < 4.78 is 1.84. The Morgan fingerprint density at radius 2 is 2.28 bits per heavy atom. The van der Waals surface area contributed by atoms with Crippen molar-refractivity contribution in [3.8, 4) is 0 Å². The summed E-state index contributed by atoms with van der Waals surface area (Å²) in [4.78, 5) is 6.76. The highest BCUT2D eigenvalue weighted by atomic mass is 16.3. The highest BCUT2D eigenvalue weighted by Crippen LogP contribution is 2.21. The second kappa shape index (κ2) is 6.29. The molecule has 2 unspecified atom stereocenters. The molecule has 102 valence electrons. The third kappa shape index (κ3) is 3.53. The maximum absolute atomic E-state index is 9.64. The van der Waals surface area contributed by atoms with Crippen molar-refractivity contribution in [3.63, 3.8) is 0 Å². The van der Waals surface area contributed by atoms with Gasteiger partial charge in [-0.25, -0.2) is 4.98 Å². The van der Waals surface area contributed by atoms with E-state index in [1.807, 2.05) is 18.7 Å². The lowest BCUT2D eigenvalue weighted by Crippen LogP contribution is -2.37. The number of rotatable bonds is 4. The molecule has 0 radical (unpaired) electrons. The van der Waals surface area contributed by atoms with Gasteiger partial charge in [0.1, 0.15) is 12.2 Å². The van der Waals surface area contributed by atoms with Crippen molar-refractivity contribution in [1.29, 1.82) is 0 Å². The maximum atomic E-state index is 9.64. The van der Waals surface area contributed by atoms with Gasteiger partial charge in [0.05, 0.1) is 12.6 Å². The summed E-state index contributed by atoms with van der Waals surface area (Å²) in [7, 11) is 1.93. The quantitative estimate of drug-likeness (QED) is 0.878. The van der Waals surface area contributed by atoms with Gasteiger partial charge in [-0.1, -0.05) is 12.8 Å². The fourth-order valence-corrected chi connectivity index (χ4v) is 2.75. The molecular weight excluding hydrogens is 228 g/mol. The molecule has 2 heterocycles. The summed E-state index contributed by atoms with van der Waals surface area (Å²) in [6.45, 7) is 3.82. The molecule has 0 aromatic carbocycles. The maximum Gasteiger partial charge on any atom is 0.140 e. The van der Waals surface area contributed by atoms with Crippen LogP contribution in [0.5, 0.6) is 0 Å². The second-order valence-corrected chi connectivity index (χ2v) is 5.36. The molecule has 1 N–H and O–H groups in total. The highest BCUT2D eigenvalue weighted by molar-refractivity contribution is 4.87. The van der Waals surface area contributed by atoms with Crippen LogP contribution in [0.4, 0.5) is 0 Å². The Labute approximate surface area is 109 Å². The van der Waals surface area contributed by atoms with Crippen LogP contribution in [-0.4, -0.2) is 43.5 Å². The number of aryl methyl sites for hydroxylation is 1. The van der Waals surface area contributed by atoms with Gasteiger partial charge >= 0.3 is 0 Å². The Kier molecular flexibility index (Phi) is 4.72. The lowest BCUT2D eigenvalue weighted by molar-refractivity contribution is 0.106. The Bertz CT molecular complexity index is 364. The van der Waals surface area contributed by atoms with E-state index in [4.69, 9.17) is 0 Å². The predicted molar refractivity (Wildman–Crippen MR) is 70.0 cm³/mol. The van der Waals surface area contributed by atoms with Crippen molar-refractivity contribution in [2.75, 3.05) is 6.54 Å². The first-order chi connectivity index (χ1) is 8.66. The number of aliphatic hydroxyl groups is 1. The summed E-state index contributed by atoms with van der Waals surface area (Å²) in [5.74, 6) is 1.01. The van der Waals surface area contributed by atoms with Crippen LogP contribution in [0, 0.1) is 0 Å². The molecule has 0 aliphatic carbocycles. The normalized spacial score (nSPS) is 23.8. The molecule has 1 aliphatic heterocycles. The average molecular weight is 252 g/mol. The second-order valence-electron chi connectivity index (χ2n) is 5.36. The molecule has 5 nitrogen and oxygen atoms in total. The van der Waals surface area contributed by atoms with Crippen LogP contribution >= 0.6 is 0 Å². The molecule has 1 aliphatic rings. The van der Waals surface area contributed by atoms with Crippen molar-refractivity contribution in [3.05, 3.63) is 12.2 Å². The Balaban J connectivity index is 2.03. The Hall–Kier alpha value is -0.940. The predicted octanol–water partition coefficient (Wildman–Crippen LogP) is 1.33. The number of likely N-dealkylation sites (tertiary alicyclic amines) is 1. The van der Waals surface area contributed by atoms with Gasteiger partial charge in [0, 0.05) is 13.1 Å². The summed E-state index contributed by atoms with van der Waals surface area (Å²) >= 11 is 0. The fraction of sp³-hybridized carbons (Fsp3) is 0.846. The average Bonchev–Trinajstić information content (AvgIpc) is 2.58. The van der Waals surface area contributed by atoms with E-state index in [0.717, 1.165) is 25.3 Å². The van der Waals surface area contributed by atoms with E-state index in [9.17, 15) is 5.11 Å². The van der Waals surface area contributed by atoms with E-state index in [0.29, 0.717) is 6.04 Å². The molecular formula is C13H24N4O. The summed E-state index contributed by atoms with van der Waals surface area (Å²) in [5.41, 5.74) is 0.